The molecule has 1 aromatic heterocycles. The molecule has 0 aromatic carbocycles. The number of nitrogens with one attached hydrogen (secondary N) is 1. The molecule has 1 aliphatic rings. The van der Waals surface area contributed by atoms with Crippen molar-refractivity contribution in [2.24, 2.45) is 0 Å². The second kappa shape index (κ2) is 4.87. The quantitative estimate of drug-likeness (QED) is 0.419. The molecule has 2 N–H and O–H groups in total. The fraction of sp³-hybridized carbons (Fsp3) is 0.500. The Morgan fingerprint density at radius 1 is 1.63 bits per heavy atom. The van der Waals surface area contributed by atoms with Crippen LogP contribution < -0.4 is 5.32 Å². The van der Waals surface area contributed by atoms with E-state index in [9.17, 15) is 18.0 Å². The van der Waals surface area contributed by atoms with Crippen molar-refractivity contribution in [3.63, 3.8) is 0 Å². The Labute approximate surface area is 106 Å². The zero-order chi connectivity index (χ0) is 14.0. The topological polar surface area (TPSA) is 157 Å². The number of aromatic nitrogens is 4. The standard InChI is InChI=1S/C6H8N6O6S/c13-5(2-11-3-7-9-10-11)8-4-1-12(6(4)14)18-19(15,16)17/h3-4H,1-2H2,(H,8,13)(H,15,16,17). The highest BCUT2D eigenvalue weighted by Gasteiger charge is 2.41. The molecule has 1 aliphatic heterocycles. The molecular weight excluding hydrogens is 284 g/mol. The Morgan fingerprint density at radius 3 is 2.89 bits per heavy atom. The Morgan fingerprint density at radius 2 is 2.37 bits per heavy atom. The van der Waals surface area contributed by atoms with E-state index in [1.54, 1.807) is 0 Å². The summed E-state index contributed by atoms with van der Waals surface area (Å²) in [6, 6.07) is -0.911. The molecule has 104 valence electrons. The molecule has 1 aromatic rings. The highest BCUT2D eigenvalue weighted by molar-refractivity contribution is 7.80. The molecule has 0 saturated carbocycles. The van der Waals surface area contributed by atoms with Crippen molar-refractivity contribution < 1.29 is 26.8 Å². The minimum atomic E-state index is -4.75. The maximum absolute atomic E-state index is 11.4. The van der Waals surface area contributed by atoms with Crippen LogP contribution in [-0.2, 0) is 30.8 Å². The van der Waals surface area contributed by atoms with Gasteiger partial charge in [0.1, 0.15) is 18.9 Å². The van der Waals surface area contributed by atoms with Gasteiger partial charge >= 0.3 is 10.4 Å². The van der Waals surface area contributed by atoms with Crippen LogP contribution in [0, 0.1) is 0 Å². The summed E-state index contributed by atoms with van der Waals surface area (Å²) in [5.74, 6) is -1.32. The number of tetrazole rings is 1. The van der Waals surface area contributed by atoms with E-state index in [2.05, 4.69) is 25.1 Å². The van der Waals surface area contributed by atoms with Crippen LogP contribution in [0.4, 0.5) is 0 Å². The molecule has 2 amide bonds. The number of carbonyl (C=O) groups excluding carboxylic acids is 2. The first-order valence-electron chi connectivity index (χ1n) is 4.84. The number of hydroxylamine groups is 2. The van der Waals surface area contributed by atoms with Gasteiger partial charge in [0.2, 0.25) is 5.91 Å². The van der Waals surface area contributed by atoms with Gasteiger partial charge < -0.3 is 5.32 Å². The first-order valence-corrected chi connectivity index (χ1v) is 6.20. The van der Waals surface area contributed by atoms with E-state index in [0.717, 1.165) is 4.68 Å². The van der Waals surface area contributed by atoms with Gasteiger partial charge in [0, 0.05) is 0 Å². The average Bonchev–Trinajstić information content (AvgIpc) is 2.78. The number of β-lactam (4-membered cyclic amide) rings is 1. The van der Waals surface area contributed by atoms with E-state index >= 15 is 0 Å². The number of amides is 2. The average molecular weight is 292 g/mol. The summed E-state index contributed by atoms with van der Waals surface area (Å²) in [6.07, 6.45) is 1.22. The Bertz CT molecular complexity index is 583. The number of rotatable bonds is 5. The maximum Gasteiger partial charge on any atom is 0.418 e. The summed E-state index contributed by atoms with van der Waals surface area (Å²) >= 11 is 0. The Hall–Kier alpha value is -2.12. The summed E-state index contributed by atoms with van der Waals surface area (Å²) in [4.78, 5) is 22.8. The summed E-state index contributed by atoms with van der Waals surface area (Å²) in [7, 11) is -4.75. The zero-order valence-corrected chi connectivity index (χ0v) is 10.0. The van der Waals surface area contributed by atoms with Crippen LogP contribution in [0.3, 0.4) is 0 Å². The van der Waals surface area contributed by atoms with Crippen molar-refractivity contribution in [1.82, 2.24) is 30.6 Å². The second-order valence-electron chi connectivity index (χ2n) is 3.53. The second-order valence-corrected chi connectivity index (χ2v) is 4.53. The van der Waals surface area contributed by atoms with Crippen LogP contribution in [0.15, 0.2) is 6.33 Å². The van der Waals surface area contributed by atoms with Crippen molar-refractivity contribution in [3.8, 4) is 0 Å². The lowest BCUT2D eigenvalue weighted by Gasteiger charge is -2.35. The van der Waals surface area contributed by atoms with Gasteiger partial charge in [-0.3, -0.25) is 14.1 Å². The van der Waals surface area contributed by atoms with Crippen LogP contribution in [0.1, 0.15) is 0 Å². The fourth-order valence-electron chi connectivity index (χ4n) is 1.32. The van der Waals surface area contributed by atoms with Gasteiger partial charge in [0.15, 0.2) is 0 Å². The SMILES string of the molecule is O=C(Cn1cnnn1)NC1CN(OS(=O)(=O)O)C1=O. The summed E-state index contributed by atoms with van der Waals surface area (Å²) in [5, 5.41) is 12.8. The summed E-state index contributed by atoms with van der Waals surface area (Å²) in [6.45, 7) is -0.379. The minimum Gasteiger partial charge on any atom is -0.341 e. The first kappa shape index (κ1) is 13.3. The van der Waals surface area contributed by atoms with Crippen molar-refractivity contribution >= 4 is 22.2 Å². The van der Waals surface area contributed by atoms with Crippen LogP contribution in [0.5, 0.6) is 0 Å². The molecule has 19 heavy (non-hydrogen) atoms. The lowest BCUT2D eigenvalue weighted by atomic mass is 10.1. The predicted molar refractivity (Wildman–Crippen MR) is 54.1 cm³/mol. The van der Waals surface area contributed by atoms with E-state index in [-0.39, 0.29) is 13.1 Å². The van der Waals surface area contributed by atoms with Crippen LogP contribution in [0.2, 0.25) is 0 Å². The molecule has 12 nitrogen and oxygen atoms in total. The van der Waals surface area contributed by atoms with Crippen LogP contribution in [0.25, 0.3) is 0 Å². The normalized spacial score (nSPS) is 19.1. The largest absolute Gasteiger partial charge is 0.418 e. The number of hydrogen-bond donors (Lipinski definition) is 2. The molecule has 0 aliphatic carbocycles. The Balaban J connectivity index is 1.80. The van der Waals surface area contributed by atoms with Gasteiger partial charge in [-0.1, -0.05) is 0 Å². The van der Waals surface area contributed by atoms with E-state index in [1.165, 1.54) is 6.33 Å². The molecular formula is C6H8N6O6S. The number of nitrogens with zero attached hydrogens (tertiary/aromatic N) is 5. The molecule has 1 fully saturated rings. The Kier molecular flexibility index (Phi) is 3.41. The van der Waals surface area contributed by atoms with E-state index in [4.69, 9.17) is 4.55 Å². The number of hydrogen-bond acceptors (Lipinski definition) is 8. The first-order chi connectivity index (χ1) is 8.85. The van der Waals surface area contributed by atoms with Crippen molar-refractivity contribution in [3.05, 3.63) is 6.33 Å². The smallest absolute Gasteiger partial charge is 0.341 e. The highest BCUT2D eigenvalue weighted by Crippen LogP contribution is 2.12. The minimum absolute atomic E-state index is 0.185. The van der Waals surface area contributed by atoms with Crippen molar-refractivity contribution in [2.45, 2.75) is 12.6 Å². The van der Waals surface area contributed by atoms with Gasteiger partial charge in [-0.25, -0.2) is 4.68 Å². The van der Waals surface area contributed by atoms with E-state index in [1.807, 2.05) is 0 Å². The molecule has 0 bridgehead atoms. The van der Waals surface area contributed by atoms with Gasteiger partial charge in [-0.2, -0.15) is 13.5 Å². The molecule has 1 atom stereocenters. The van der Waals surface area contributed by atoms with E-state index < -0.39 is 28.3 Å². The monoisotopic (exact) mass is 292 g/mol. The molecule has 1 unspecified atom stereocenters. The van der Waals surface area contributed by atoms with Crippen molar-refractivity contribution in [1.29, 1.82) is 0 Å². The third-order valence-corrected chi connectivity index (χ3v) is 2.48. The third kappa shape index (κ3) is 3.43. The van der Waals surface area contributed by atoms with Gasteiger partial charge in [-0.05, 0) is 10.4 Å². The lowest BCUT2D eigenvalue weighted by Crippen LogP contribution is -2.64. The van der Waals surface area contributed by atoms with E-state index in [0.29, 0.717) is 5.06 Å². The molecule has 1 saturated heterocycles. The van der Waals surface area contributed by atoms with Gasteiger partial charge in [0.25, 0.3) is 5.91 Å². The van der Waals surface area contributed by atoms with Gasteiger partial charge in [-0.15, -0.1) is 9.38 Å². The summed E-state index contributed by atoms with van der Waals surface area (Å²) in [5.41, 5.74) is 0. The van der Waals surface area contributed by atoms with Gasteiger partial charge in [0.05, 0.1) is 6.54 Å². The maximum atomic E-state index is 11.4. The number of carbonyl (C=O) groups is 2. The summed E-state index contributed by atoms with van der Waals surface area (Å²) < 4.78 is 34.1. The zero-order valence-electron chi connectivity index (χ0n) is 9.20. The predicted octanol–water partition coefficient (Wildman–Crippen LogP) is -3.27. The van der Waals surface area contributed by atoms with Crippen LogP contribution in [-0.4, -0.2) is 62.6 Å². The fourth-order valence-corrected chi connectivity index (χ4v) is 1.69. The van der Waals surface area contributed by atoms with Crippen molar-refractivity contribution in [2.75, 3.05) is 6.54 Å². The molecule has 0 radical (unpaired) electrons. The molecule has 13 heteroatoms. The molecule has 0 spiro atoms. The molecule has 2 heterocycles. The third-order valence-electron chi connectivity index (χ3n) is 2.11. The highest BCUT2D eigenvalue weighted by atomic mass is 32.3. The lowest BCUT2D eigenvalue weighted by molar-refractivity contribution is -0.182. The molecule has 2 rings (SSSR count). The van der Waals surface area contributed by atoms with Crippen LogP contribution >= 0.6 is 0 Å².